The van der Waals surface area contributed by atoms with Crippen molar-refractivity contribution in [3.63, 3.8) is 0 Å². The van der Waals surface area contributed by atoms with Gasteiger partial charge >= 0.3 is 0 Å². The summed E-state index contributed by atoms with van der Waals surface area (Å²) >= 11 is 0. The molecule has 0 aliphatic heterocycles. The molecular weight excluding hydrogens is 143 g/mol. The summed E-state index contributed by atoms with van der Waals surface area (Å²) in [6.07, 6.45) is -0.917. The van der Waals surface area contributed by atoms with Gasteiger partial charge in [0.2, 0.25) is 0 Å². The molecule has 1 rings (SSSR count). The summed E-state index contributed by atoms with van der Waals surface area (Å²) < 4.78 is 17.3. The van der Waals surface area contributed by atoms with E-state index >= 15 is 0 Å². The fourth-order valence-electron chi connectivity index (χ4n) is 0.679. The Morgan fingerprint density at radius 3 is 2.73 bits per heavy atom. The molecule has 2 heteroatoms. The second-order valence-corrected chi connectivity index (χ2v) is 2.33. The lowest BCUT2D eigenvalue weighted by atomic mass is 10.3. The van der Waals surface area contributed by atoms with Gasteiger partial charge in [0.25, 0.3) is 0 Å². The highest BCUT2D eigenvalue weighted by Crippen LogP contribution is 2.08. The second kappa shape index (κ2) is 3.96. The van der Waals surface area contributed by atoms with Crippen molar-refractivity contribution in [2.45, 2.75) is 13.1 Å². The van der Waals surface area contributed by atoms with Gasteiger partial charge in [-0.1, -0.05) is 12.1 Å². The van der Waals surface area contributed by atoms with Crippen molar-refractivity contribution in [1.29, 1.82) is 0 Å². The van der Waals surface area contributed by atoms with Gasteiger partial charge in [-0.3, -0.25) is 0 Å². The van der Waals surface area contributed by atoms with Crippen molar-refractivity contribution in [3.05, 3.63) is 30.3 Å². The van der Waals surface area contributed by atoms with Crippen molar-refractivity contribution >= 4 is 0 Å². The maximum Gasteiger partial charge on any atom is 0.131 e. The number of benzene rings is 1. The molecule has 0 fully saturated rings. The van der Waals surface area contributed by atoms with Crippen molar-refractivity contribution in [3.8, 4) is 5.75 Å². The lowest BCUT2D eigenvalue weighted by molar-refractivity contribution is 0.210. The van der Waals surface area contributed by atoms with Gasteiger partial charge in [0, 0.05) is 0 Å². The zero-order chi connectivity index (χ0) is 8.10. The Morgan fingerprint density at radius 1 is 1.55 bits per heavy atom. The predicted molar refractivity (Wildman–Crippen MR) is 41.3 cm³/mol. The van der Waals surface area contributed by atoms with Crippen LogP contribution in [0.5, 0.6) is 5.75 Å². The molecule has 11 heavy (non-hydrogen) atoms. The van der Waals surface area contributed by atoms with E-state index in [9.17, 15) is 4.39 Å². The molecule has 0 N–H and O–H groups in total. The Hall–Kier alpha value is -1.05. The van der Waals surface area contributed by atoms with E-state index in [1.165, 1.54) is 6.92 Å². The van der Waals surface area contributed by atoms with Crippen LogP contribution in [0.1, 0.15) is 6.92 Å². The van der Waals surface area contributed by atoms with Crippen LogP contribution in [0.2, 0.25) is 0 Å². The highest BCUT2D eigenvalue weighted by atomic mass is 19.1. The van der Waals surface area contributed by atoms with Crippen LogP contribution >= 0.6 is 0 Å². The first-order chi connectivity index (χ1) is 5.29. The summed E-state index contributed by atoms with van der Waals surface area (Å²) in [6, 6.07) is 9.82. The number of hydrogen-bond donors (Lipinski definition) is 0. The smallest absolute Gasteiger partial charge is 0.131 e. The summed E-state index contributed by atoms with van der Waals surface area (Å²) in [5.74, 6) is 0.688. The van der Waals surface area contributed by atoms with Crippen molar-refractivity contribution in [1.82, 2.24) is 0 Å². The van der Waals surface area contributed by atoms with Gasteiger partial charge in [-0.25, -0.2) is 4.39 Å². The zero-order valence-electron chi connectivity index (χ0n) is 6.38. The predicted octanol–water partition coefficient (Wildman–Crippen LogP) is 2.22. The Balaban J connectivity index is 2.39. The summed E-state index contributed by atoms with van der Waals surface area (Å²) in [4.78, 5) is 0. The van der Waals surface area contributed by atoms with Crippen molar-refractivity contribution in [2.75, 3.05) is 6.61 Å². The molecule has 0 heterocycles. The maximum atomic E-state index is 12.3. The fraction of sp³-hybridized carbons (Fsp3) is 0.333. The van der Waals surface area contributed by atoms with E-state index < -0.39 is 6.17 Å². The molecule has 0 aromatic heterocycles. The number of hydrogen-bond acceptors (Lipinski definition) is 1. The minimum Gasteiger partial charge on any atom is -0.491 e. The average Bonchev–Trinajstić information content (AvgIpc) is 2.03. The summed E-state index contributed by atoms with van der Waals surface area (Å²) in [6.45, 7) is 1.58. The normalized spacial score (nSPS) is 12.5. The zero-order valence-corrected chi connectivity index (χ0v) is 6.38. The molecule has 0 aliphatic rings. The molecule has 0 bridgehead atoms. The third-order valence-electron chi connectivity index (χ3n) is 1.17. The number of alkyl halides is 1. The van der Waals surface area contributed by atoms with E-state index in [1.807, 2.05) is 0 Å². The van der Waals surface area contributed by atoms with Gasteiger partial charge in [-0.05, 0) is 25.1 Å². The van der Waals surface area contributed by atoms with E-state index in [2.05, 4.69) is 6.07 Å². The van der Waals surface area contributed by atoms with Crippen LogP contribution in [-0.2, 0) is 0 Å². The lowest BCUT2D eigenvalue weighted by Gasteiger charge is -2.05. The largest absolute Gasteiger partial charge is 0.491 e. The second-order valence-electron chi connectivity index (χ2n) is 2.33. The van der Waals surface area contributed by atoms with Crippen molar-refractivity contribution in [2.24, 2.45) is 0 Å². The van der Waals surface area contributed by atoms with Crippen molar-refractivity contribution < 1.29 is 9.13 Å². The summed E-state index contributed by atoms with van der Waals surface area (Å²) in [5.41, 5.74) is 0. The molecule has 1 aromatic carbocycles. The molecule has 0 unspecified atom stereocenters. The molecule has 1 radical (unpaired) electrons. The lowest BCUT2D eigenvalue weighted by Crippen LogP contribution is -2.07. The molecule has 1 aromatic rings. The van der Waals surface area contributed by atoms with Crippen LogP contribution in [0, 0.1) is 6.07 Å². The van der Waals surface area contributed by atoms with E-state index in [4.69, 9.17) is 4.74 Å². The van der Waals surface area contributed by atoms with E-state index in [-0.39, 0.29) is 6.61 Å². The average molecular weight is 153 g/mol. The first-order valence-corrected chi connectivity index (χ1v) is 3.52. The monoisotopic (exact) mass is 153 g/mol. The van der Waals surface area contributed by atoms with Gasteiger partial charge in [0.15, 0.2) is 0 Å². The van der Waals surface area contributed by atoms with Crippen LogP contribution in [0.3, 0.4) is 0 Å². The third kappa shape index (κ3) is 3.03. The standard InChI is InChI=1S/C9H10FO/c1-8(10)7-11-9-5-3-2-4-6-9/h3-6,8H,7H2,1H3/t8-/m0/s1. The molecule has 0 saturated carbocycles. The molecule has 1 nitrogen and oxygen atoms in total. The Kier molecular flexibility index (Phi) is 2.90. The quantitative estimate of drug-likeness (QED) is 0.647. The molecular formula is C9H10FO. The van der Waals surface area contributed by atoms with Gasteiger partial charge in [-0.15, -0.1) is 0 Å². The van der Waals surface area contributed by atoms with Crippen LogP contribution in [0.15, 0.2) is 24.3 Å². The molecule has 0 spiro atoms. The summed E-state index contributed by atoms with van der Waals surface area (Å²) in [7, 11) is 0. The van der Waals surface area contributed by atoms with Crippen LogP contribution in [0.25, 0.3) is 0 Å². The first kappa shape index (κ1) is 8.05. The van der Waals surface area contributed by atoms with Gasteiger partial charge < -0.3 is 4.74 Å². The number of rotatable bonds is 3. The minimum atomic E-state index is -0.917. The topological polar surface area (TPSA) is 9.23 Å². The molecule has 1 atom stereocenters. The van der Waals surface area contributed by atoms with Gasteiger partial charge in [-0.2, -0.15) is 0 Å². The molecule has 0 aliphatic carbocycles. The molecule has 59 valence electrons. The highest BCUT2D eigenvalue weighted by Gasteiger charge is 1.97. The van der Waals surface area contributed by atoms with Gasteiger partial charge in [0.1, 0.15) is 18.5 Å². The van der Waals surface area contributed by atoms with Crippen LogP contribution < -0.4 is 4.74 Å². The Morgan fingerprint density at radius 2 is 2.18 bits per heavy atom. The van der Waals surface area contributed by atoms with E-state index in [0.717, 1.165) is 0 Å². The SMILES string of the molecule is C[C@H](F)COc1cc[c]cc1. The molecule has 0 saturated heterocycles. The van der Waals surface area contributed by atoms with Gasteiger partial charge in [0.05, 0.1) is 0 Å². The fourth-order valence-corrected chi connectivity index (χ4v) is 0.679. The maximum absolute atomic E-state index is 12.3. The molecule has 0 amide bonds. The van der Waals surface area contributed by atoms with Crippen LogP contribution in [-0.4, -0.2) is 12.8 Å². The Bertz CT molecular complexity index is 196. The minimum absolute atomic E-state index is 0.115. The van der Waals surface area contributed by atoms with E-state index in [1.54, 1.807) is 24.3 Å². The van der Waals surface area contributed by atoms with E-state index in [0.29, 0.717) is 5.75 Å². The Labute approximate surface area is 65.8 Å². The summed E-state index contributed by atoms with van der Waals surface area (Å²) in [5, 5.41) is 0. The number of halogens is 1. The number of ether oxygens (including phenoxy) is 1. The first-order valence-electron chi connectivity index (χ1n) is 3.52. The third-order valence-corrected chi connectivity index (χ3v) is 1.17. The van der Waals surface area contributed by atoms with Crippen LogP contribution in [0.4, 0.5) is 4.39 Å². The highest BCUT2D eigenvalue weighted by molar-refractivity contribution is 5.20.